The SMILES string of the molecule is CNc1cc(C(=O)N2CC[C@H](Cc3ccc(CO)cc3)C2)ccn1. The van der Waals surface area contributed by atoms with Gasteiger partial charge in [-0.15, -0.1) is 0 Å². The van der Waals surface area contributed by atoms with Crippen LogP contribution in [0.2, 0.25) is 0 Å². The van der Waals surface area contributed by atoms with Crippen LogP contribution in [0.25, 0.3) is 0 Å². The first-order valence-electron chi connectivity index (χ1n) is 8.31. The monoisotopic (exact) mass is 325 g/mol. The Morgan fingerprint density at radius 1 is 1.29 bits per heavy atom. The van der Waals surface area contributed by atoms with Gasteiger partial charge in [-0.25, -0.2) is 4.98 Å². The molecule has 1 aliphatic heterocycles. The molecule has 1 atom stereocenters. The molecule has 5 heteroatoms. The maximum Gasteiger partial charge on any atom is 0.254 e. The molecule has 0 bridgehead atoms. The number of rotatable bonds is 5. The molecule has 126 valence electrons. The molecule has 0 radical (unpaired) electrons. The van der Waals surface area contributed by atoms with Gasteiger partial charge in [-0.2, -0.15) is 0 Å². The first-order chi connectivity index (χ1) is 11.7. The Balaban J connectivity index is 1.60. The Morgan fingerprint density at radius 2 is 2.04 bits per heavy atom. The van der Waals surface area contributed by atoms with Gasteiger partial charge in [0, 0.05) is 31.9 Å². The lowest BCUT2D eigenvalue weighted by atomic mass is 9.98. The fraction of sp³-hybridized carbons (Fsp3) is 0.368. The van der Waals surface area contributed by atoms with E-state index in [0.717, 1.165) is 31.5 Å². The summed E-state index contributed by atoms with van der Waals surface area (Å²) in [6.07, 6.45) is 3.65. The Labute approximate surface area is 142 Å². The van der Waals surface area contributed by atoms with E-state index in [4.69, 9.17) is 5.11 Å². The highest BCUT2D eigenvalue weighted by atomic mass is 16.3. The van der Waals surface area contributed by atoms with Gasteiger partial charge in [0.25, 0.3) is 5.91 Å². The summed E-state index contributed by atoms with van der Waals surface area (Å²) in [7, 11) is 1.80. The number of hydrogen-bond donors (Lipinski definition) is 2. The molecule has 24 heavy (non-hydrogen) atoms. The minimum Gasteiger partial charge on any atom is -0.392 e. The number of anilines is 1. The van der Waals surface area contributed by atoms with Gasteiger partial charge >= 0.3 is 0 Å². The minimum absolute atomic E-state index is 0.0759. The molecule has 1 fully saturated rings. The first kappa shape index (κ1) is 16.5. The molecular weight excluding hydrogens is 302 g/mol. The van der Waals surface area contributed by atoms with Crippen molar-refractivity contribution < 1.29 is 9.90 Å². The third-order valence-electron chi connectivity index (χ3n) is 4.57. The summed E-state index contributed by atoms with van der Waals surface area (Å²) >= 11 is 0. The lowest BCUT2D eigenvalue weighted by molar-refractivity contribution is 0.0787. The molecule has 2 heterocycles. The second-order valence-corrected chi connectivity index (χ2v) is 6.26. The number of aliphatic hydroxyl groups excluding tert-OH is 1. The third-order valence-corrected chi connectivity index (χ3v) is 4.57. The molecule has 0 saturated carbocycles. The molecule has 5 nitrogen and oxygen atoms in total. The maximum atomic E-state index is 12.6. The van der Waals surface area contributed by atoms with Crippen LogP contribution in [0.5, 0.6) is 0 Å². The number of pyridine rings is 1. The van der Waals surface area contributed by atoms with Crippen molar-refractivity contribution in [2.75, 3.05) is 25.5 Å². The molecule has 1 saturated heterocycles. The van der Waals surface area contributed by atoms with Crippen LogP contribution in [0.1, 0.15) is 27.9 Å². The van der Waals surface area contributed by atoms with Crippen molar-refractivity contribution >= 4 is 11.7 Å². The predicted octanol–water partition coefficient (Wildman–Crippen LogP) is 2.32. The van der Waals surface area contributed by atoms with Gasteiger partial charge in [0.15, 0.2) is 0 Å². The Kier molecular flexibility index (Phi) is 5.11. The van der Waals surface area contributed by atoms with Crippen molar-refractivity contribution in [3.8, 4) is 0 Å². The zero-order valence-corrected chi connectivity index (χ0v) is 13.9. The molecule has 1 amide bonds. The molecule has 1 aromatic heterocycles. The number of carbonyl (C=O) groups excluding carboxylic acids is 1. The van der Waals surface area contributed by atoms with Crippen molar-refractivity contribution in [2.45, 2.75) is 19.4 Å². The first-order valence-corrected chi connectivity index (χ1v) is 8.31. The number of hydrogen-bond acceptors (Lipinski definition) is 4. The Bertz CT molecular complexity index is 700. The van der Waals surface area contributed by atoms with Gasteiger partial charge in [-0.05, 0) is 42.0 Å². The van der Waals surface area contributed by atoms with Gasteiger partial charge in [-0.3, -0.25) is 4.79 Å². The van der Waals surface area contributed by atoms with Crippen LogP contribution in [0.15, 0.2) is 42.6 Å². The number of likely N-dealkylation sites (tertiary alicyclic amines) is 1. The van der Waals surface area contributed by atoms with Crippen LogP contribution in [-0.4, -0.2) is 41.0 Å². The predicted molar refractivity (Wildman–Crippen MR) is 93.9 cm³/mol. The second-order valence-electron chi connectivity index (χ2n) is 6.26. The normalized spacial score (nSPS) is 17.1. The van der Waals surface area contributed by atoms with Crippen molar-refractivity contribution in [1.82, 2.24) is 9.88 Å². The van der Waals surface area contributed by atoms with Crippen molar-refractivity contribution in [1.29, 1.82) is 0 Å². The van der Waals surface area contributed by atoms with Crippen molar-refractivity contribution in [3.05, 3.63) is 59.3 Å². The van der Waals surface area contributed by atoms with Crippen molar-refractivity contribution in [2.24, 2.45) is 5.92 Å². The van der Waals surface area contributed by atoms with Crippen LogP contribution in [0.3, 0.4) is 0 Å². The van der Waals surface area contributed by atoms with Gasteiger partial charge in [0.05, 0.1) is 6.61 Å². The lowest BCUT2D eigenvalue weighted by Gasteiger charge is -2.17. The van der Waals surface area contributed by atoms with E-state index in [2.05, 4.69) is 22.4 Å². The molecule has 1 aromatic carbocycles. The van der Waals surface area contributed by atoms with Crippen LogP contribution in [-0.2, 0) is 13.0 Å². The number of aliphatic hydroxyl groups is 1. The van der Waals surface area contributed by atoms with E-state index in [-0.39, 0.29) is 12.5 Å². The number of nitrogens with zero attached hydrogens (tertiary/aromatic N) is 2. The summed E-state index contributed by atoms with van der Waals surface area (Å²) in [4.78, 5) is 18.7. The minimum atomic E-state index is 0.0759. The molecule has 0 aliphatic carbocycles. The highest BCUT2D eigenvalue weighted by Gasteiger charge is 2.27. The maximum absolute atomic E-state index is 12.6. The summed E-state index contributed by atoms with van der Waals surface area (Å²) < 4.78 is 0. The number of aromatic nitrogens is 1. The molecule has 1 aliphatic rings. The standard InChI is InChI=1S/C19H23N3O2/c1-20-18-11-17(6-8-21-18)19(24)22-9-7-16(12-22)10-14-2-4-15(13-23)5-3-14/h2-6,8,11,16,23H,7,9-10,12-13H2,1H3,(H,20,21)/t16-/m1/s1. The van der Waals surface area contributed by atoms with Crippen LogP contribution in [0.4, 0.5) is 5.82 Å². The molecule has 3 rings (SSSR count). The van der Waals surface area contributed by atoms with Gasteiger partial charge in [-0.1, -0.05) is 24.3 Å². The van der Waals surface area contributed by atoms with Crippen LogP contribution in [0, 0.1) is 5.92 Å². The van der Waals surface area contributed by atoms with E-state index >= 15 is 0 Å². The summed E-state index contributed by atoms with van der Waals surface area (Å²) in [6, 6.07) is 11.6. The van der Waals surface area contributed by atoms with Crippen molar-refractivity contribution in [3.63, 3.8) is 0 Å². The molecular formula is C19H23N3O2. The van der Waals surface area contributed by atoms with Crippen LogP contribution < -0.4 is 5.32 Å². The number of benzene rings is 1. The Morgan fingerprint density at radius 3 is 2.75 bits per heavy atom. The highest BCUT2D eigenvalue weighted by molar-refractivity contribution is 5.95. The van der Waals surface area contributed by atoms with Gasteiger partial charge in [0.1, 0.15) is 5.82 Å². The zero-order chi connectivity index (χ0) is 16.9. The van der Waals surface area contributed by atoms with E-state index in [1.807, 2.05) is 17.0 Å². The van der Waals surface area contributed by atoms with Gasteiger partial charge < -0.3 is 15.3 Å². The summed E-state index contributed by atoms with van der Waals surface area (Å²) in [6.45, 7) is 1.67. The number of carbonyl (C=O) groups is 1. The molecule has 0 unspecified atom stereocenters. The van der Waals surface area contributed by atoms with Gasteiger partial charge in [0.2, 0.25) is 0 Å². The lowest BCUT2D eigenvalue weighted by Crippen LogP contribution is -2.29. The fourth-order valence-corrected chi connectivity index (χ4v) is 3.18. The molecule has 2 N–H and O–H groups in total. The van der Waals surface area contributed by atoms with E-state index in [9.17, 15) is 4.79 Å². The zero-order valence-electron chi connectivity index (χ0n) is 13.9. The van der Waals surface area contributed by atoms with E-state index < -0.39 is 0 Å². The summed E-state index contributed by atoms with van der Waals surface area (Å²) in [5, 5.41) is 12.1. The fourth-order valence-electron chi connectivity index (χ4n) is 3.18. The second kappa shape index (κ2) is 7.45. The van der Waals surface area contributed by atoms with Crippen LogP contribution >= 0.6 is 0 Å². The summed E-state index contributed by atoms with van der Waals surface area (Å²) in [5.74, 6) is 1.27. The molecule has 2 aromatic rings. The number of nitrogens with one attached hydrogen (secondary N) is 1. The smallest absolute Gasteiger partial charge is 0.254 e. The summed E-state index contributed by atoms with van der Waals surface area (Å²) in [5.41, 5.74) is 2.87. The topological polar surface area (TPSA) is 65.5 Å². The third kappa shape index (κ3) is 3.74. The Hall–Kier alpha value is -2.40. The molecule has 0 spiro atoms. The average molecular weight is 325 g/mol. The number of amides is 1. The quantitative estimate of drug-likeness (QED) is 0.885. The van der Waals surface area contributed by atoms with E-state index in [0.29, 0.717) is 17.3 Å². The average Bonchev–Trinajstić information content (AvgIpc) is 3.10. The largest absolute Gasteiger partial charge is 0.392 e. The van der Waals surface area contributed by atoms with E-state index in [1.165, 1.54) is 5.56 Å². The van der Waals surface area contributed by atoms with E-state index in [1.54, 1.807) is 25.4 Å². The highest BCUT2D eigenvalue weighted by Crippen LogP contribution is 2.23.